The van der Waals surface area contributed by atoms with Crippen molar-refractivity contribution in [1.29, 1.82) is 0 Å². The minimum absolute atomic E-state index is 0.185. The van der Waals surface area contributed by atoms with Crippen molar-refractivity contribution in [3.63, 3.8) is 0 Å². The average molecular weight is 187 g/mol. The summed E-state index contributed by atoms with van der Waals surface area (Å²) in [5.74, 6) is 0. The highest BCUT2D eigenvalue weighted by Gasteiger charge is 2.34. The topological polar surface area (TPSA) is 76.5 Å². The van der Waals surface area contributed by atoms with Crippen LogP contribution in [-0.2, 0) is 14.2 Å². The number of azide groups is 1. The Bertz CT molecular complexity index is 201. The molecule has 1 heterocycles. The van der Waals surface area contributed by atoms with Gasteiger partial charge in [0.05, 0.1) is 6.04 Å². The van der Waals surface area contributed by atoms with Gasteiger partial charge in [-0.15, -0.1) is 0 Å². The van der Waals surface area contributed by atoms with Crippen LogP contribution in [0.15, 0.2) is 5.11 Å². The van der Waals surface area contributed by atoms with Crippen LogP contribution in [0.4, 0.5) is 0 Å². The van der Waals surface area contributed by atoms with E-state index in [9.17, 15) is 0 Å². The van der Waals surface area contributed by atoms with Gasteiger partial charge in [-0.3, -0.25) is 0 Å². The smallest absolute Gasteiger partial charge is 0.183 e. The largest absolute Gasteiger partial charge is 0.372 e. The lowest BCUT2D eigenvalue weighted by Gasteiger charge is -2.22. The van der Waals surface area contributed by atoms with Crippen molar-refractivity contribution < 1.29 is 14.2 Å². The van der Waals surface area contributed by atoms with E-state index in [1.165, 1.54) is 14.2 Å². The van der Waals surface area contributed by atoms with Crippen LogP contribution in [0.3, 0.4) is 0 Å². The van der Waals surface area contributed by atoms with Crippen LogP contribution in [-0.4, -0.2) is 39.3 Å². The predicted octanol–water partition coefficient (Wildman–Crippen LogP) is 1.07. The molecular formula is C7H13N3O3. The van der Waals surface area contributed by atoms with Gasteiger partial charge in [-0.25, -0.2) is 0 Å². The molecule has 0 bridgehead atoms. The summed E-state index contributed by atoms with van der Waals surface area (Å²) in [6.45, 7) is 0.581. The Kier molecular flexibility index (Phi) is 3.98. The van der Waals surface area contributed by atoms with Gasteiger partial charge in [0, 0.05) is 25.7 Å². The van der Waals surface area contributed by atoms with Crippen LogP contribution in [0.2, 0.25) is 0 Å². The Balaban J connectivity index is 2.60. The summed E-state index contributed by atoms with van der Waals surface area (Å²) < 4.78 is 15.4. The minimum atomic E-state index is -0.460. The van der Waals surface area contributed by atoms with Gasteiger partial charge in [0.25, 0.3) is 0 Å². The maximum atomic E-state index is 8.29. The number of rotatable bonds is 4. The van der Waals surface area contributed by atoms with Crippen LogP contribution >= 0.6 is 0 Å². The van der Waals surface area contributed by atoms with E-state index in [-0.39, 0.29) is 12.1 Å². The normalized spacial score (nSPS) is 27.6. The third-order valence-electron chi connectivity index (χ3n) is 2.04. The van der Waals surface area contributed by atoms with Crippen molar-refractivity contribution in [2.24, 2.45) is 5.11 Å². The first-order valence-electron chi connectivity index (χ1n) is 4.05. The van der Waals surface area contributed by atoms with Gasteiger partial charge >= 0.3 is 0 Å². The molecule has 6 heteroatoms. The number of hydrogen-bond donors (Lipinski definition) is 0. The molecule has 13 heavy (non-hydrogen) atoms. The molecule has 1 fully saturated rings. The van der Waals surface area contributed by atoms with Crippen LogP contribution in [0.5, 0.6) is 0 Å². The van der Waals surface area contributed by atoms with Crippen molar-refractivity contribution in [2.45, 2.75) is 24.9 Å². The minimum Gasteiger partial charge on any atom is -0.372 e. The Labute approximate surface area is 76.4 Å². The van der Waals surface area contributed by atoms with Gasteiger partial charge in [0.15, 0.2) is 6.29 Å². The number of nitrogens with zero attached hydrogens (tertiary/aromatic N) is 3. The highest BCUT2D eigenvalue weighted by atomic mass is 16.7. The standard InChI is InChI=1S/C7H13N3O3/c1-11-7(12-2)6-5(9-10-8)3-4-13-6/h5-7H,3-4H2,1-2H3/t5-,6-/m1/s1. The van der Waals surface area contributed by atoms with Crippen LogP contribution < -0.4 is 0 Å². The molecule has 0 unspecified atom stereocenters. The number of ether oxygens (including phenoxy) is 3. The first-order chi connectivity index (χ1) is 6.33. The highest BCUT2D eigenvalue weighted by Crippen LogP contribution is 2.21. The van der Waals surface area contributed by atoms with Gasteiger partial charge in [0.2, 0.25) is 0 Å². The first-order valence-corrected chi connectivity index (χ1v) is 4.05. The fourth-order valence-electron chi connectivity index (χ4n) is 1.41. The SMILES string of the molecule is COC(OC)[C@@H]1OCC[C@H]1N=[N+]=[N-]. The maximum Gasteiger partial charge on any atom is 0.183 e. The second kappa shape index (κ2) is 5.04. The summed E-state index contributed by atoms with van der Waals surface area (Å²) in [6, 6.07) is -0.185. The molecule has 1 rings (SSSR count). The van der Waals surface area contributed by atoms with Crippen molar-refractivity contribution in [2.75, 3.05) is 20.8 Å². The fourth-order valence-corrected chi connectivity index (χ4v) is 1.41. The van der Waals surface area contributed by atoms with E-state index in [1.807, 2.05) is 0 Å². The Morgan fingerprint density at radius 1 is 1.54 bits per heavy atom. The Morgan fingerprint density at radius 2 is 2.23 bits per heavy atom. The van der Waals surface area contributed by atoms with Crippen molar-refractivity contribution in [1.82, 2.24) is 0 Å². The quantitative estimate of drug-likeness (QED) is 0.286. The predicted molar refractivity (Wildman–Crippen MR) is 45.1 cm³/mol. The monoisotopic (exact) mass is 187 g/mol. The molecule has 0 spiro atoms. The van der Waals surface area contributed by atoms with E-state index in [1.54, 1.807) is 0 Å². The summed E-state index contributed by atoms with van der Waals surface area (Å²) in [5, 5.41) is 3.62. The Morgan fingerprint density at radius 3 is 2.77 bits per heavy atom. The molecule has 2 atom stereocenters. The van der Waals surface area contributed by atoms with Gasteiger partial charge in [-0.05, 0) is 12.0 Å². The van der Waals surface area contributed by atoms with Crippen LogP contribution in [0.1, 0.15) is 6.42 Å². The molecule has 0 radical (unpaired) electrons. The molecule has 0 aromatic rings. The van der Waals surface area contributed by atoms with Gasteiger partial charge in [-0.2, -0.15) is 0 Å². The Hall–Kier alpha value is -0.810. The highest BCUT2D eigenvalue weighted by molar-refractivity contribution is 4.85. The molecule has 1 saturated heterocycles. The van der Waals surface area contributed by atoms with E-state index in [0.717, 1.165) is 6.42 Å². The molecule has 0 saturated carbocycles. The zero-order chi connectivity index (χ0) is 9.68. The molecule has 1 aliphatic heterocycles. The molecule has 0 aliphatic carbocycles. The summed E-state index contributed by atoms with van der Waals surface area (Å²) >= 11 is 0. The molecule has 0 aromatic heterocycles. The fraction of sp³-hybridized carbons (Fsp3) is 1.00. The third kappa shape index (κ3) is 2.32. The maximum absolute atomic E-state index is 8.29. The van der Waals surface area contributed by atoms with Crippen LogP contribution in [0.25, 0.3) is 10.4 Å². The lowest BCUT2D eigenvalue weighted by Crippen LogP contribution is -2.36. The van der Waals surface area contributed by atoms with Gasteiger partial charge in [-0.1, -0.05) is 5.11 Å². The summed E-state index contributed by atoms with van der Waals surface area (Å²) in [6.07, 6.45) is -0.0262. The number of hydrogen-bond acceptors (Lipinski definition) is 4. The van der Waals surface area contributed by atoms with Crippen molar-refractivity contribution in [3.05, 3.63) is 10.4 Å². The molecule has 74 valence electrons. The summed E-state index contributed by atoms with van der Waals surface area (Å²) in [7, 11) is 3.06. The van der Waals surface area contributed by atoms with E-state index in [2.05, 4.69) is 10.0 Å². The lowest BCUT2D eigenvalue weighted by molar-refractivity contribution is -0.169. The summed E-state index contributed by atoms with van der Waals surface area (Å²) in [5.41, 5.74) is 8.29. The van der Waals surface area contributed by atoms with E-state index in [0.29, 0.717) is 6.61 Å². The number of methoxy groups -OCH3 is 2. The zero-order valence-corrected chi connectivity index (χ0v) is 7.71. The van der Waals surface area contributed by atoms with Gasteiger partial charge in [0.1, 0.15) is 6.10 Å². The lowest BCUT2D eigenvalue weighted by atomic mass is 10.1. The zero-order valence-electron chi connectivity index (χ0n) is 7.71. The average Bonchev–Trinajstić information content (AvgIpc) is 2.57. The molecule has 0 amide bonds. The van der Waals surface area contributed by atoms with E-state index >= 15 is 0 Å². The molecule has 0 aromatic carbocycles. The van der Waals surface area contributed by atoms with E-state index < -0.39 is 6.29 Å². The van der Waals surface area contributed by atoms with Gasteiger partial charge < -0.3 is 14.2 Å². The molecule has 1 aliphatic rings. The molecule has 0 N–H and O–H groups in total. The summed E-state index contributed by atoms with van der Waals surface area (Å²) in [4.78, 5) is 2.75. The molecule has 6 nitrogen and oxygen atoms in total. The van der Waals surface area contributed by atoms with Crippen LogP contribution in [0, 0.1) is 0 Å². The second-order valence-electron chi connectivity index (χ2n) is 2.74. The second-order valence-corrected chi connectivity index (χ2v) is 2.74. The first kappa shape index (κ1) is 10.3. The van der Waals surface area contributed by atoms with Crippen molar-refractivity contribution in [3.8, 4) is 0 Å². The third-order valence-corrected chi connectivity index (χ3v) is 2.04. The molecular weight excluding hydrogens is 174 g/mol. The van der Waals surface area contributed by atoms with E-state index in [4.69, 9.17) is 19.7 Å². The van der Waals surface area contributed by atoms with Crippen molar-refractivity contribution >= 4 is 0 Å².